The molecule has 0 aromatic heterocycles. The average Bonchev–Trinajstić information content (AvgIpc) is 2.39. The van der Waals surface area contributed by atoms with Crippen LogP contribution in [0, 0.1) is 11.3 Å². The molecule has 16 heavy (non-hydrogen) atoms. The highest BCUT2D eigenvalue weighted by Gasteiger charge is 2.36. The Bertz CT molecular complexity index is 373. The number of phenols is 1. The Morgan fingerprint density at radius 1 is 1.31 bits per heavy atom. The Kier molecular flexibility index (Phi) is 2.83. The number of benzene rings is 1. The van der Waals surface area contributed by atoms with E-state index in [1.54, 1.807) is 12.1 Å². The summed E-state index contributed by atoms with van der Waals surface area (Å²) >= 11 is 0. The van der Waals surface area contributed by atoms with Crippen LogP contribution < -0.4 is 5.32 Å². The molecule has 2 atom stereocenters. The highest BCUT2D eigenvalue weighted by molar-refractivity contribution is 5.48. The normalized spacial score (nSPS) is 27.9. The van der Waals surface area contributed by atoms with Gasteiger partial charge in [0.25, 0.3) is 0 Å². The van der Waals surface area contributed by atoms with Gasteiger partial charge in [0.05, 0.1) is 0 Å². The van der Waals surface area contributed by atoms with E-state index in [2.05, 4.69) is 26.1 Å². The number of hydrogen-bond donors (Lipinski definition) is 2. The van der Waals surface area contributed by atoms with E-state index in [0.717, 1.165) is 5.69 Å². The lowest BCUT2D eigenvalue weighted by molar-refractivity contribution is 0.366. The number of nitrogens with one attached hydrogen (secondary N) is 1. The summed E-state index contributed by atoms with van der Waals surface area (Å²) in [6, 6.07) is 7.91. The first-order valence-corrected chi connectivity index (χ1v) is 6.02. The van der Waals surface area contributed by atoms with Crippen molar-refractivity contribution in [1.82, 2.24) is 0 Å². The van der Waals surface area contributed by atoms with Crippen LogP contribution in [0.1, 0.15) is 33.6 Å². The summed E-state index contributed by atoms with van der Waals surface area (Å²) in [4.78, 5) is 0. The highest BCUT2D eigenvalue weighted by atomic mass is 16.3. The second-order valence-electron chi connectivity index (χ2n) is 5.85. The third kappa shape index (κ3) is 2.49. The zero-order chi connectivity index (χ0) is 11.8. The Labute approximate surface area is 97.7 Å². The van der Waals surface area contributed by atoms with Crippen LogP contribution in [0.2, 0.25) is 0 Å². The van der Waals surface area contributed by atoms with Gasteiger partial charge in [-0.05, 0) is 36.3 Å². The number of rotatable bonds is 2. The van der Waals surface area contributed by atoms with Gasteiger partial charge >= 0.3 is 0 Å². The van der Waals surface area contributed by atoms with Gasteiger partial charge in [-0.1, -0.05) is 26.8 Å². The maximum Gasteiger partial charge on any atom is 0.117 e. The second kappa shape index (κ2) is 4.00. The fourth-order valence-corrected chi connectivity index (χ4v) is 2.90. The van der Waals surface area contributed by atoms with Crippen LogP contribution in [0.5, 0.6) is 5.75 Å². The van der Waals surface area contributed by atoms with Crippen LogP contribution in [-0.2, 0) is 0 Å². The summed E-state index contributed by atoms with van der Waals surface area (Å²) in [5.74, 6) is 1.02. The van der Waals surface area contributed by atoms with Crippen LogP contribution in [0.25, 0.3) is 0 Å². The lowest BCUT2D eigenvalue weighted by Gasteiger charge is -2.19. The number of hydrogen-bond acceptors (Lipinski definition) is 2. The second-order valence-corrected chi connectivity index (χ2v) is 5.85. The Morgan fingerprint density at radius 2 is 2.06 bits per heavy atom. The molecule has 0 radical (unpaired) electrons. The van der Waals surface area contributed by atoms with Gasteiger partial charge in [0.2, 0.25) is 0 Å². The van der Waals surface area contributed by atoms with Crippen molar-refractivity contribution in [3.05, 3.63) is 24.3 Å². The van der Waals surface area contributed by atoms with E-state index in [9.17, 15) is 5.11 Å². The first-order chi connectivity index (χ1) is 7.46. The predicted molar refractivity (Wildman–Crippen MR) is 67.7 cm³/mol. The Hall–Kier alpha value is -1.18. The first kappa shape index (κ1) is 11.3. The van der Waals surface area contributed by atoms with Gasteiger partial charge < -0.3 is 10.4 Å². The van der Waals surface area contributed by atoms with Crippen molar-refractivity contribution in [2.24, 2.45) is 11.3 Å². The predicted octanol–water partition coefficient (Wildman–Crippen LogP) is 3.63. The van der Waals surface area contributed by atoms with Gasteiger partial charge in [0.15, 0.2) is 0 Å². The molecule has 1 aliphatic rings. The minimum absolute atomic E-state index is 0.329. The summed E-state index contributed by atoms with van der Waals surface area (Å²) in [5, 5.41) is 12.9. The van der Waals surface area contributed by atoms with Gasteiger partial charge in [-0.15, -0.1) is 0 Å². The fraction of sp³-hybridized carbons (Fsp3) is 0.571. The molecule has 0 aliphatic heterocycles. The van der Waals surface area contributed by atoms with Crippen molar-refractivity contribution in [3.63, 3.8) is 0 Å². The SMILES string of the molecule is CC1CC(C)(C)CC1Nc1cccc(O)c1. The Balaban J connectivity index is 2.06. The van der Waals surface area contributed by atoms with E-state index >= 15 is 0 Å². The summed E-state index contributed by atoms with van der Waals surface area (Å²) in [7, 11) is 0. The molecule has 0 heterocycles. The summed E-state index contributed by atoms with van der Waals surface area (Å²) in [5.41, 5.74) is 1.46. The van der Waals surface area contributed by atoms with Gasteiger partial charge in [-0.3, -0.25) is 0 Å². The largest absolute Gasteiger partial charge is 0.508 e. The van der Waals surface area contributed by atoms with Gasteiger partial charge in [0.1, 0.15) is 5.75 Å². The summed E-state index contributed by atoms with van der Waals surface area (Å²) < 4.78 is 0. The van der Waals surface area contributed by atoms with Gasteiger partial charge in [-0.25, -0.2) is 0 Å². The average molecular weight is 219 g/mol. The first-order valence-electron chi connectivity index (χ1n) is 6.02. The molecule has 1 fully saturated rings. The standard InChI is InChI=1S/C14H21NO/c1-10-8-14(2,3)9-13(10)15-11-5-4-6-12(16)7-11/h4-7,10,13,15-16H,8-9H2,1-3H3. The molecule has 1 aromatic carbocycles. The van der Waals surface area contributed by atoms with E-state index in [-0.39, 0.29) is 0 Å². The third-order valence-electron chi connectivity index (χ3n) is 3.53. The lowest BCUT2D eigenvalue weighted by Crippen LogP contribution is -2.22. The quantitative estimate of drug-likeness (QED) is 0.796. The highest BCUT2D eigenvalue weighted by Crippen LogP contribution is 2.42. The molecular formula is C14H21NO. The van der Waals surface area contributed by atoms with Crippen molar-refractivity contribution in [3.8, 4) is 5.75 Å². The zero-order valence-electron chi connectivity index (χ0n) is 10.3. The monoisotopic (exact) mass is 219 g/mol. The van der Waals surface area contributed by atoms with Crippen LogP contribution in [0.15, 0.2) is 24.3 Å². The molecular weight excluding hydrogens is 198 g/mol. The number of anilines is 1. The molecule has 2 unspecified atom stereocenters. The van der Waals surface area contributed by atoms with Gasteiger partial charge in [0, 0.05) is 17.8 Å². The van der Waals surface area contributed by atoms with Gasteiger partial charge in [-0.2, -0.15) is 0 Å². The lowest BCUT2D eigenvalue weighted by atomic mass is 9.91. The smallest absolute Gasteiger partial charge is 0.117 e. The van der Waals surface area contributed by atoms with Crippen molar-refractivity contribution in [1.29, 1.82) is 0 Å². The van der Waals surface area contributed by atoms with Crippen LogP contribution >= 0.6 is 0 Å². The van der Waals surface area contributed by atoms with Crippen molar-refractivity contribution < 1.29 is 5.11 Å². The minimum atomic E-state index is 0.329. The van der Waals surface area contributed by atoms with Crippen molar-refractivity contribution >= 4 is 5.69 Å². The molecule has 0 spiro atoms. The fourth-order valence-electron chi connectivity index (χ4n) is 2.90. The van der Waals surface area contributed by atoms with E-state index in [0.29, 0.717) is 23.1 Å². The van der Waals surface area contributed by atoms with Crippen molar-refractivity contribution in [2.75, 3.05) is 5.32 Å². The molecule has 2 N–H and O–H groups in total. The molecule has 88 valence electrons. The maximum atomic E-state index is 9.42. The number of phenolic OH excluding ortho intramolecular Hbond substituents is 1. The van der Waals surface area contributed by atoms with E-state index < -0.39 is 0 Å². The summed E-state index contributed by atoms with van der Waals surface area (Å²) in [6.45, 7) is 6.95. The van der Waals surface area contributed by atoms with E-state index in [1.165, 1.54) is 12.8 Å². The van der Waals surface area contributed by atoms with Crippen LogP contribution in [0.4, 0.5) is 5.69 Å². The van der Waals surface area contributed by atoms with Crippen LogP contribution in [-0.4, -0.2) is 11.1 Å². The molecule has 2 rings (SSSR count). The molecule has 0 amide bonds. The molecule has 1 aromatic rings. The molecule has 0 saturated heterocycles. The molecule has 1 saturated carbocycles. The molecule has 0 bridgehead atoms. The number of aromatic hydroxyl groups is 1. The van der Waals surface area contributed by atoms with E-state index in [1.807, 2.05) is 12.1 Å². The maximum absolute atomic E-state index is 9.42. The summed E-state index contributed by atoms with van der Waals surface area (Å²) in [6.07, 6.45) is 2.47. The van der Waals surface area contributed by atoms with Crippen molar-refractivity contribution in [2.45, 2.75) is 39.7 Å². The third-order valence-corrected chi connectivity index (χ3v) is 3.53. The molecule has 1 aliphatic carbocycles. The van der Waals surface area contributed by atoms with Crippen LogP contribution in [0.3, 0.4) is 0 Å². The zero-order valence-corrected chi connectivity index (χ0v) is 10.3. The topological polar surface area (TPSA) is 32.3 Å². The molecule has 2 heteroatoms. The molecule has 2 nitrogen and oxygen atoms in total. The minimum Gasteiger partial charge on any atom is -0.508 e. The Morgan fingerprint density at radius 3 is 2.62 bits per heavy atom. The van der Waals surface area contributed by atoms with E-state index in [4.69, 9.17) is 0 Å².